The zero-order chi connectivity index (χ0) is 21.1. The van der Waals surface area contributed by atoms with Crippen LogP contribution in [0.25, 0.3) is 10.9 Å². The molecule has 2 N–H and O–H groups in total. The maximum atomic E-state index is 12.9. The zero-order valence-corrected chi connectivity index (χ0v) is 17.8. The maximum Gasteiger partial charge on any atom is 0.267 e. The summed E-state index contributed by atoms with van der Waals surface area (Å²) in [4.78, 5) is 18.6. The van der Waals surface area contributed by atoms with Gasteiger partial charge in [-0.3, -0.25) is 9.69 Å². The van der Waals surface area contributed by atoms with Gasteiger partial charge in [-0.2, -0.15) is 0 Å². The van der Waals surface area contributed by atoms with Gasteiger partial charge in [0.15, 0.2) is 0 Å². The molecule has 1 aliphatic heterocycles. The fourth-order valence-corrected chi connectivity index (χ4v) is 4.18. The van der Waals surface area contributed by atoms with Crippen LogP contribution in [0.15, 0.2) is 42.5 Å². The quantitative estimate of drug-likeness (QED) is 0.655. The number of rotatable bonds is 6. The Balaban J connectivity index is 1.52. The van der Waals surface area contributed by atoms with Crippen LogP contribution in [0, 0.1) is 13.8 Å². The van der Waals surface area contributed by atoms with E-state index in [-0.39, 0.29) is 11.9 Å². The van der Waals surface area contributed by atoms with Gasteiger partial charge in [0.2, 0.25) is 0 Å². The van der Waals surface area contributed by atoms with Gasteiger partial charge in [0.25, 0.3) is 5.91 Å². The highest BCUT2D eigenvalue weighted by atomic mass is 16.5. The van der Waals surface area contributed by atoms with Gasteiger partial charge in [-0.05, 0) is 54.8 Å². The van der Waals surface area contributed by atoms with Gasteiger partial charge >= 0.3 is 0 Å². The number of benzene rings is 2. The summed E-state index contributed by atoms with van der Waals surface area (Å²) in [6, 6.07) is 14.3. The van der Waals surface area contributed by atoms with Crippen molar-refractivity contribution in [1.29, 1.82) is 0 Å². The molecular weight excluding hydrogens is 378 g/mol. The Bertz CT molecular complexity index is 1020. The number of hydrogen-bond donors (Lipinski definition) is 2. The topological polar surface area (TPSA) is 66.6 Å². The molecule has 2 heterocycles. The molecule has 0 aliphatic carbocycles. The summed E-state index contributed by atoms with van der Waals surface area (Å²) in [5, 5.41) is 4.22. The van der Waals surface area contributed by atoms with Gasteiger partial charge in [-0.25, -0.2) is 0 Å². The van der Waals surface area contributed by atoms with E-state index in [0.29, 0.717) is 25.5 Å². The van der Waals surface area contributed by atoms with Gasteiger partial charge in [0.1, 0.15) is 11.4 Å². The average Bonchev–Trinajstić information content (AvgIpc) is 3.19. The number of aromatic nitrogens is 1. The third kappa shape index (κ3) is 4.35. The summed E-state index contributed by atoms with van der Waals surface area (Å²) in [5.41, 5.74) is 5.10. The van der Waals surface area contributed by atoms with Crippen molar-refractivity contribution in [2.24, 2.45) is 0 Å². The van der Waals surface area contributed by atoms with Crippen molar-refractivity contribution in [2.45, 2.75) is 19.9 Å². The molecule has 0 saturated carbocycles. The molecular formula is C24H29N3O3. The van der Waals surface area contributed by atoms with Crippen molar-refractivity contribution in [2.75, 3.05) is 40.0 Å². The average molecular weight is 408 g/mol. The molecule has 2 aromatic carbocycles. The van der Waals surface area contributed by atoms with Crippen molar-refractivity contribution in [3.63, 3.8) is 0 Å². The minimum absolute atomic E-state index is 0.0807. The number of aryl methyl sites for hydroxylation is 2. The lowest BCUT2D eigenvalue weighted by Crippen LogP contribution is -2.43. The number of amides is 1. The summed E-state index contributed by atoms with van der Waals surface area (Å²) in [6.45, 7) is 7.77. The molecule has 1 saturated heterocycles. The van der Waals surface area contributed by atoms with E-state index in [1.54, 1.807) is 7.11 Å². The molecule has 1 fully saturated rings. The normalized spacial score (nSPS) is 15.8. The fraction of sp³-hybridized carbons (Fsp3) is 0.375. The first-order valence-electron chi connectivity index (χ1n) is 10.4. The Morgan fingerprint density at radius 3 is 2.60 bits per heavy atom. The molecule has 1 amide bonds. The van der Waals surface area contributed by atoms with Crippen LogP contribution in [-0.4, -0.2) is 55.7 Å². The predicted molar refractivity (Wildman–Crippen MR) is 118 cm³/mol. The van der Waals surface area contributed by atoms with Crippen LogP contribution >= 0.6 is 0 Å². The highest BCUT2D eigenvalue weighted by Gasteiger charge is 2.24. The first kappa shape index (κ1) is 20.4. The molecule has 0 radical (unpaired) electrons. The van der Waals surface area contributed by atoms with E-state index >= 15 is 0 Å². The first-order valence-corrected chi connectivity index (χ1v) is 10.4. The Morgan fingerprint density at radius 2 is 1.90 bits per heavy atom. The molecule has 6 heteroatoms. The lowest BCUT2D eigenvalue weighted by atomic mass is 10.0. The summed E-state index contributed by atoms with van der Waals surface area (Å²) in [7, 11) is 1.66. The van der Waals surface area contributed by atoms with Crippen LogP contribution in [-0.2, 0) is 4.74 Å². The summed E-state index contributed by atoms with van der Waals surface area (Å²) < 4.78 is 10.8. The number of ether oxygens (including phenoxy) is 2. The third-order valence-electron chi connectivity index (χ3n) is 5.78. The van der Waals surface area contributed by atoms with Crippen molar-refractivity contribution in [1.82, 2.24) is 15.2 Å². The Hall–Kier alpha value is -2.83. The van der Waals surface area contributed by atoms with Crippen LogP contribution in [0.5, 0.6) is 5.75 Å². The number of aromatic amines is 1. The lowest BCUT2D eigenvalue weighted by molar-refractivity contribution is 0.0162. The largest absolute Gasteiger partial charge is 0.497 e. The van der Waals surface area contributed by atoms with E-state index in [2.05, 4.69) is 53.3 Å². The van der Waals surface area contributed by atoms with Gasteiger partial charge < -0.3 is 19.8 Å². The van der Waals surface area contributed by atoms with Crippen LogP contribution in [0.4, 0.5) is 0 Å². The second kappa shape index (κ2) is 8.90. The van der Waals surface area contributed by atoms with E-state index in [1.165, 1.54) is 11.1 Å². The summed E-state index contributed by atoms with van der Waals surface area (Å²) in [6.07, 6.45) is 0. The van der Waals surface area contributed by atoms with Gasteiger partial charge in [0.05, 0.1) is 26.4 Å². The van der Waals surface area contributed by atoms with Crippen molar-refractivity contribution >= 4 is 16.8 Å². The van der Waals surface area contributed by atoms with Crippen molar-refractivity contribution in [3.05, 3.63) is 64.8 Å². The number of carbonyl (C=O) groups excluding carboxylic acids is 1. The number of methoxy groups -OCH3 is 1. The van der Waals surface area contributed by atoms with Crippen LogP contribution in [0.1, 0.15) is 33.2 Å². The highest BCUT2D eigenvalue weighted by molar-refractivity contribution is 5.99. The molecule has 158 valence electrons. The predicted octanol–water partition coefficient (Wildman–Crippen LogP) is 3.60. The Labute approximate surface area is 177 Å². The standard InChI is InChI=1S/C24H29N3O3/c1-16-12-17(2)20-14-22(26-21(20)13-16)24(28)25-15-23(27-8-10-30-11-9-27)18-4-6-19(29-3)7-5-18/h4-7,12-14,23,26H,8-11,15H2,1-3H3,(H,25,28). The van der Waals surface area contributed by atoms with Crippen LogP contribution in [0.2, 0.25) is 0 Å². The fourth-order valence-electron chi connectivity index (χ4n) is 4.18. The van der Waals surface area contributed by atoms with E-state index in [4.69, 9.17) is 9.47 Å². The van der Waals surface area contributed by atoms with Crippen LogP contribution < -0.4 is 10.1 Å². The van der Waals surface area contributed by atoms with E-state index in [1.807, 2.05) is 18.2 Å². The minimum Gasteiger partial charge on any atom is -0.497 e. The molecule has 0 spiro atoms. The van der Waals surface area contributed by atoms with Gasteiger partial charge in [-0.15, -0.1) is 0 Å². The molecule has 1 aliphatic rings. The van der Waals surface area contributed by atoms with E-state index in [0.717, 1.165) is 35.3 Å². The SMILES string of the molecule is COc1ccc(C(CNC(=O)c2cc3c(C)cc(C)cc3[nH]2)N2CCOCC2)cc1. The molecule has 1 unspecified atom stereocenters. The van der Waals surface area contributed by atoms with E-state index < -0.39 is 0 Å². The maximum absolute atomic E-state index is 12.9. The number of hydrogen-bond acceptors (Lipinski definition) is 4. The van der Waals surface area contributed by atoms with E-state index in [9.17, 15) is 4.79 Å². The van der Waals surface area contributed by atoms with Gasteiger partial charge in [0, 0.05) is 30.5 Å². The number of H-pyrrole nitrogens is 1. The number of carbonyl (C=O) groups is 1. The number of nitrogens with one attached hydrogen (secondary N) is 2. The Kier molecular flexibility index (Phi) is 6.06. The monoisotopic (exact) mass is 407 g/mol. The highest BCUT2D eigenvalue weighted by Crippen LogP contribution is 2.25. The molecule has 4 rings (SSSR count). The second-order valence-electron chi connectivity index (χ2n) is 7.87. The third-order valence-corrected chi connectivity index (χ3v) is 5.78. The summed E-state index contributed by atoms with van der Waals surface area (Å²) >= 11 is 0. The smallest absolute Gasteiger partial charge is 0.267 e. The molecule has 1 atom stereocenters. The van der Waals surface area contributed by atoms with Crippen molar-refractivity contribution < 1.29 is 14.3 Å². The molecule has 3 aromatic rings. The molecule has 6 nitrogen and oxygen atoms in total. The Morgan fingerprint density at radius 1 is 1.17 bits per heavy atom. The molecule has 30 heavy (non-hydrogen) atoms. The molecule has 0 bridgehead atoms. The van der Waals surface area contributed by atoms with Gasteiger partial charge in [-0.1, -0.05) is 18.2 Å². The van der Waals surface area contributed by atoms with Crippen molar-refractivity contribution in [3.8, 4) is 5.75 Å². The summed E-state index contributed by atoms with van der Waals surface area (Å²) in [5.74, 6) is 0.738. The minimum atomic E-state index is -0.0879. The first-order chi connectivity index (χ1) is 14.5. The van der Waals surface area contributed by atoms with Crippen LogP contribution in [0.3, 0.4) is 0 Å². The molecule has 1 aromatic heterocycles. The second-order valence-corrected chi connectivity index (χ2v) is 7.87. The zero-order valence-electron chi connectivity index (χ0n) is 17.8. The lowest BCUT2D eigenvalue weighted by Gasteiger charge is -2.35. The number of nitrogens with zero attached hydrogens (tertiary/aromatic N) is 1. The number of fused-ring (bicyclic) bond motifs is 1. The number of morpholine rings is 1.